The van der Waals surface area contributed by atoms with Crippen LogP contribution in [0.5, 0.6) is 0 Å². The maximum Gasteiger partial charge on any atom is 0.0514 e. The van der Waals surface area contributed by atoms with Crippen LogP contribution in [0.25, 0.3) is 10.9 Å². The quantitative estimate of drug-likeness (QED) is 0.663. The molecule has 1 nitrogen and oxygen atoms in total. The van der Waals surface area contributed by atoms with E-state index in [9.17, 15) is 0 Å². The van der Waals surface area contributed by atoms with Gasteiger partial charge in [0.2, 0.25) is 0 Å². The van der Waals surface area contributed by atoms with Crippen molar-refractivity contribution in [1.82, 2.24) is 4.98 Å². The lowest BCUT2D eigenvalue weighted by molar-refractivity contribution is 1.24. The van der Waals surface area contributed by atoms with E-state index in [2.05, 4.69) is 4.98 Å². The molecule has 0 atom stereocenters. The van der Waals surface area contributed by atoms with Gasteiger partial charge < -0.3 is 4.98 Å². The lowest BCUT2D eigenvalue weighted by Crippen LogP contribution is -1.88. The van der Waals surface area contributed by atoms with Gasteiger partial charge >= 0.3 is 0 Å². The Balaban J connectivity index is 3.03. The number of fused-ring (bicyclic) bond motifs is 1. The first-order chi connectivity index (χ1) is 6.59. The molecule has 0 spiro atoms. The number of nitrogens with one attached hydrogen (secondary N) is 1. The lowest BCUT2D eigenvalue weighted by atomic mass is 10.1. The number of aromatic nitrogens is 1. The summed E-state index contributed by atoms with van der Waals surface area (Å²) in [5, 5.41) is 1.83. The molecule has 0 aliphatic heterocycles. The van der Waals surface area contributed by atoms with Gasteiger partial charge in [0.1, 0.15) is 0 Å². The third kappa shape index (κ3) is 1.45. The van der Waals surface area contributed by atoms with Gasteiger partial charge in [-0.2, -0.15) is 0 Å². The van der Waals surface area contributed by atoms with E-state index in [-0.39, 0.29) is 0 Å². The second-order valence-corrected chi connectivity index (χ2v) is 4.26. The summed E-state index contributed by atoms with van der Waals surface area (Å²) in [5.41, 5.74) is 3.16. The maximum atomic E-state index is 6.04. The van der Waals surface area contributed by atoms with Gasteiger partial charge in [-0.05, 0) is 37.6 Å². The molecule has 2 aromatic rings. The van der Waals surface area contributed by atoms with Crippen LogP contribution in [-0.4, -0.2) is 4.98 Å². The molecule has 2 rings (SSSR count). The Hall–Kier alpha value is -0.860. The number of H-pyrrole nitrogens is 1. The fourth-order valence-electron chi connectivity index (χ4n) is 1.56. The molecule has 72 valence electrons. The number of benzene rings is 1. The van der Waals surface area contributed by atoms with Gasteiger partial charge in [-0.25, -0.2) is 0 Å². The molecule has 0 bridgehead atoms. The van der Waals surface area contributed by atoms with Crippen LogP contribution in [0.3, 0.4) is 0 Å². The molecule has 1 aromatic heterocycles. The molecule has 0 amide bonds. The van der Waals surface area contributed by atoms with Gasteiger partial charge in [0.05, 0.1) is 5.52 Å². The van der Waals surface area contributed by atoms with Gasteiger partial charge in [-0.15, -0.1) is 0 Å². The first-order valence-electron chi connectivity index (χ1n) is 4.38. The molecule has 0 radical (unpaired) electrons. The highest BCUT2D eigenvalue weighted by Crippen LogP contribution is 2.24. The molecular weight excluding hydrogens is 214 g/mol. The van der Waals surface area contributed by atoms with Crippen molar-refractivity contribution in [2.45, 2.75) is 13.8 Å². The molecule has 1 heterocycles. The van der Waals surface area contributed by atoms with Gasteiger partial charge in [0.25, 0.3) is 0 Å². The maximum absolute atomic E-state index is 6.04. The Morgan fingerprint density at radius 1 is 1.29 bits per heavy atom. The molecular formula is C11H10ClNS. The molecule has 0 fully saturated rings. The highest BCUT2D eigenvalue weighted by Gasteiger charge is 2.03. The van der Waals surface area contributed by atoms with Crippen LogP contribution in [0.2, 0.25) is 5.02 Å². The summed E-state index contributed by atoms with van der Waals surface area (Å²) < 4.78 is 0.871. The SMILES string of the molecule is Cc1cc(=S)c2ccc(Cl)c(C)c2[nH]1. The highest BCUT2D eigenvalue weighted by atomic mass is 35.5. The predicted molar refractivity (Wildman–Crippen MR) is 63.6 cm³/mol. The minimum absolute atomic E-state index is 0.772. The molecule has 0 saturated heterocycles. The first-order valence-corrected chi connectivity index (χ1v) is 5.17. The number of hydrogen-bond acceptors (Lipinski definition) is 1. The molecule has 1 aromatic carbocycles. The summed E-state index contributed by atoms with van der Waals surface area (Å²) in [6.45, 7) is 3.99. The molecule has 14 heavy (non-hydrogen) atoms. The predicted octanol–water partition coefficient (Wildman–Crippen LogP) is 4.17. The number of hydrogen-bond donors (Lipinski definition) is 1. The largest absolute Gasteiger partial charge is 0.358 e. The topological polar surface area (TPSA) is 15.8 Å². The van der Waals surface area contributed by atoms with Crippen LogP contribution in [-0.2, 0) is 0 Å². The van der Waals surface area contributed by atoms with E-state index in [1.54, 1.807) is 0 Å². The summed E-state index contributed by atoms with van der Waals surface area (Å²) in [6.07, 6.45) is 0. The van der Waals surface area contributed by atoms with Gasteiger partial charge in [0, 0.05) is 20.6 Å². The third-order valence-corrected chi connectivity index (χ3v) is 3.08. The lowest BCUT2D eigenvalue weighted by Gasteiger charge is -2.05. The zero-order valence-corrected chi connectivity index (χ0v) is 9.59. The van der Waals surface area contributed by atoms with Crippen LogP contribution >= 0.6 is 23.8 Å². The Morgan fingerprint density at radius 3 is 2.71 bits per heavy atom. The minimum atomic E-state index is 0.772. The Labute approximate surface area is 92.7 Å². The van der Waals surface area contributed by atoms with Crippen molar-refractivity contribution in [2.75, 3.05) is 0 Å². The van der Waals surface area contributed by atoms with Crippen molar-refractivity contribution in [3.8, 4) is 0 Å². The first kappa shape index (κ1) is 9.69. The number of aromatic amines is 1. The average molecular weight is 224 g/mol. The van der Waals surface area contributed by atoms with E-state index in [1.165, 1.54) is 0 Å². The fourth-order valence-corrected chi connectivity index (χ4v) is 2.06. The summed E-state index contributed by atoms with van der Waals surface area (Å²) in [7, 11) is 0. The number of aryl methyl sites for hydroxylation is 2. The normalized spacial score (nSPS) is 10.8. The van der Waals surface area contributed by atoms with E-state index < -0.39 is 0 Å². The molecule has 0 aliphatic carbocycles. The second-order valence-electron chi connectivity index (χ2n) is 3.41. The van der Waals surface area contributed by atoms with Gasteiger partial charge in [-0.1, -0.05) is 23.8 Å². The van der Waals surface area contributed by atoms with Crippen LogP contribution in [0.15, 0.2) is 18.2 Å². The number of pyridine rings is 1. The van der Waals surface area contributed by atoms with Gasteiger partial charge in [0.15, 0.2) is 0 Å². The smallest absolute Gasteiger partial charge is 0.0514 e. The zero-order chi connectivity index (χ0) is 10.3. The van der Waals surface area contributed by atoms with Crippen molar-refractivity contribution in [3.05, 3.63) is 39.0 Å². The fraction of sp³-hybridized carbons (Fsp3) is 0.182. The summed E-state index contributed by atoms with van der Waals surface area (Å²) in [5.74, 6) is 0. The molecule has 1 N–H and O–H groups in total. The summed E-state index contributed by atoms with van der Waals surface area (Å²) >= 11 is 11.3. The van der Waals surface area contributed by atoms with E-state index in [0.29, 0.717) is 0 Å². The molecule has 0 saturated carbocycles. The van der Waals surface area contributed by atoms with Crippen LogP contribution in [0.4, 0.5) is 0 Å². The minimum Gasteiger partial charge on any atom is -0.358 e. The monoisotopic (exact) mass is 223 g/mol. The Bertz CT molecular complexity index is 557. The summed E-state index contributed by atoms with van der Waals surface area (Å²) in [4.78, 5) is 3.29. The van der Waals surface area contributed by atoms with Crippen LogP contribution in [0.1, 0.15) is 11.3 Å². The Morgan fingerprint density at radius 2 is 2.00 bits per heavy atom. The molecule has 0 unspecified atom stereocenters. The van der Waals surface area contributed by atoms with Crippen molar-refractivity contribution >= 4 is 34.7 Å². The average Bonchev–Trinajstić information content (AvgIpc) is 2.12. The van der Waals surface area contributed by atoms with E-state index in [0.717, 1.165) is 31.7 Å². The van der Waals surface area contributed by atoms with E-state index in [1.807, 2.05) is 32.0 Å². The highest BCUT2D eigenvalue weighted by molar-refractivity contribution is 7.71. The van der Waals surface area contributed by atoms with Crippen molar-refractivity contribution in [2.24, 2.45) is 0 Å². The standard InChI is InChI=1S/C11H10ClNS/c1-6-5-10(14)8-3-4-9(12)7(2)11(8)13-6/h3-5H,1-2H3,(H,13,14). The van der Waals surface area contributed by atoms with E-state index in [4.69, 9.17) is 23.8 Å². The van der Waals surface area contributed by atoms with Crippen LogP contribution < -0.4 is 0 Å². The molecule has 0 aliphatic rings. The summed E-state index contributed by atoms with van der Waals surface area (Å²) in [6, 6.07) is 5.81. The van der Waals surface area contributed by atoms with Crippen molar-refractivity contribution in [3.63, 3.8) is 0 Å². The molecule has 3 heteroatoms. The van der Waals surface area contributed by atoms with E-state index >= 15 is 0 Å². The van der Waals surface area contributed by atoms with Crippen molar-refractivity contribution < 1.29 is 0 Å². The zero-order valence-electron chi connectivity index (χ0n) is 8.02. The van der Waals surface area contributed by atoms with Crippen LogP contribution in [0, 0.1) is 18.4 Å². The second kappa shape index (κ2) is 3.37. The third-order valence-electron chi connectivity index (χ3n) is 2.33. The van der Waals surface area contributed by atoms with Gasteiger partial charge in [-0.3, -0.25) is 0 Å². The van der Waals surface area contributed by atoms with Crippen molar-refractivity contribution in [1.29, 1.82) is 0 Å². The Kier molecular flexibility index (Phi) is 2.33. The number of rotatable bonds is 0. The number of halogens is 1.